The Morgan fingerprint density at radius 3 is 2.93 bits per heavy atom. The van der Waals surface area contributed by atoms with Crippen molar-refractivity contribution in [2.24, 2.45) is 0 Å². The van der Waals surface area contributed by atoms with Crippen LogP contribution in [0.15, 0.2) is 18.3 Å². The number of pyridine rings is 1. The van der Waals surface area contributed by atoms with Crippen molar-refractivity contribution in [3.05, 3.63) is 35.5 Å². The summed E-state index contributed by atoms with van der Waals surface area (Å²) in [6.45, 7) is -0.153. The molecule has 2 aromatic heterocycles. The summed E-state index contributed by atoms with van der Waals surface area (Å²) in [6.07, 6.45) is 3.70. The summed E-state index contributed by atoms with van der Waals surface area (Å²) in [4.78, 5) is 4.09. The minimum atomic E-state index is -0.234. The molecular weight excluding hydrogens is 195 g/mol. The molecule has 1 aliphatic carbocycles. The minimum Gasteiger partial charge on any atom is -0.390 e. The summed E-state index contributed by atoms with van der Waals surface area (Å²) in [5.74, 6) is 0.150. The zero-order valence-corrected chi connectivity index (χ0v) is 8.15. The SMILES string of the molecule is OCc1cn2c(F)c(C3CC3)ccc2n1. The summed E-state index contributed by atoms with van der Waals surface area (Å²) in [5.41, 5.74) is 1.83. The van der Waals surface area contributed by atoms with Gasteiger partial charge < -0.3 is 5.11 Å². The Kier molecular flexibility index (Phi) is 1.79. The highest BCUT2D eigenvalue weighted by Crippen LogP contribution is 2.41. The largest absolute Gasteiger partial charge is 0.390 e. The van der Waals surface area contributed by atoms with Crippen LogP contribution >= 0.6 is 0 Å². The molecule has 0 aliphatic heterocycles. The number of aliphatic hydroxyl groups is 1. The summed E-state index contributed by atoms with van der Waals surface area (Å²) < 4.78 is 15.4. The van der Waals surface area contributed by atoms with Crippen molar-refractivity contribution in [2.75, 3.05) is 0 Å². The van der Waals surface area contributed by atoms with Crippen molar-refractivity contribution in [1.29, 1.82) is 0 Å². The predicted molar refractivity (Wildman–Crippen MR) is 53.0 cm³/mol. The number of rotatable bonds is 2. The van der Waals surface area contributed by atoms with Gasteiger partial charge in [-0.05, 0) is 24.8 Å². The summed E-state index contributed by atoms with van der Waals surface area (Å²) in [5, 5.41) is 8.92. The van der Waals surface area contributed by atoms with E-state index in [1.165, 1.54) is 4.40 Å². The second-order valence-electron chi connectivity index (χ2n) is 3.97. The average Bonchev–Trinajstić information content (AvgIpc) is 2.97. The Hall–Kier alpha value is -1.42. The van der Waals surface area contributed by atoms with E-state index >= 15 is 0 Å². The molecule has 2 aromatic rings. The molecule has 0 unspecified atom stereocenters. The molecule has 4 heteroatoms. The molecule has 1 N–H and O–H groups in total. The highest BCUT2D eigenvalue weighted by Gasteiger charge is 2.27. The number of aromatic nitrogens is 2. The molecule has 15 heavy (non-hydrogen) atoms. The Balaban J connectivity index is 2.21. The monoisotopic (exact) mass is 206 g/mol. The quantitative estimate of drug-likeness (QED) is 0.761. The van der Waals surface area contributed by atoms with Crippen LogP contribution in [0.4, 0.5) is 4.39 Å². The zero-order valence-electron chi connectivity index (χ0n) is 8.15. The van der Waals surface area contributed by atoms with Crippen LogP contribution in [0, 0.1) is 5.95 Å². The number of hydrogen-bond donors (Lipinski definition) is 1. The zero-order chi connectivity index (χ0) is 10.4. The topological polar surface area (TPSA) is 37.5 Å². The second kappa shape index (κ2) is 3.03. The fourth-order valence-electron chi connectivity index (χ4n) is 1.87. The third-order valence-corrected chi connectivity index (χ3v) is 2.82. The molecule has 2 heterocycles. The molecule has 0 spiro atoms. The lowest BCUT2D eigenvalue weighted by molar-refractivity contribution is 0.277. The fraction of sp³-hybridized carbons (Fsp3) is 0.364. The maximum atomic E-state index is 14.0. The second-order valence-corrected chi connectivity index (χ2v) is 3.97. The molecule has 0 saturated heterocycles. The molecule has 1 saturated carbocycles. The van der Waals surface area contributed by atoms with Crippen molar-refractivity contribution < 1.29 is 9.50 Å². The van der Waals surface area contributed by atoms with Gasteiger partial charge in [0.2, 0.25) is 5.95 Å². The Labute approximate surface area is 86.2 Å². The van der Waals surface area contributed by atoms with E-state index in [1.807, 2.05) is 0 Å². The van der Waals surface area contributed by atoms with Crippen LogP contribution < -0.4 is 0 Å². The van der Waals surface area contributed by atoms with Gasteiger partial charge in [0.05, 0.1) is 12.3 Å². The normalized spacial score (nSPS) is 16.1. The van der Waals surface area contributed by atoms with E-state index in [0.717, 1.165) is 18.4 Å². The molecule has 3 rings (SSSR count). The first kappa shape index (κ1) is 8.85. The summed E-state index contributed by atoms with van der Waals surface area (Å²) in [6, 6.07) is 3.60. The van der Waals surface area contributed by atoms with Crippen molar-refractivity contribution in [2.45, 2.75) is 25.4 Å². The van der Waals surface area contributed by atoms with E-state index in [1.54, 1.807) is 18.3 Å². The minimum absolute atomic E-state index is 0.153. The van der Waals surface area contributed by atoms with Crippen LogP contribution in [-0.4, -0.2) is 14.5 Å². The van der Waals surface area contributed by atoms with Gasteiger partial charge in [-0.25, -0.2) is 4.98 Å². The molecule has 3 nitrogen and oxygen atoms in total. The third kappa shape index (κ3) is 1.33. The molecule has 0 aromatic carbocycles. The molecule has 0 amide bonds. The van der Waals surface area contributed by atoms with Gasteiger partial charge in [0.15, 0.2) is 0 Å². The van der Waals surface area contributed by atoms with E-state index < -0.39 is 0 Å². The highest BCUT2D eigenvalue weighted by atomic mass is 19.1. The third-order valence-electron chi connectivity index (χ3n) is 2.82. The molecule has 1 aliphatic rings. The van der Waals surface area contributed by atoms with Gasteiger partial charge in [0, 0.05) is 11.8 Å². The van der Waals surface area contributed by atoms with Crippen LogP contribution in [0.25, 0.3) is 5.65 Å². The van der Waals surface area contributed by atoms with E-state index in [2.05, 4.69) is 4.98 Å². The van der Waals surface area contributed by atoms with Gasteiger partial charge in [0.1, 0.15) is 5.65 Å². The van der Waals surface area contributed by atoms with Gasteiger partial charge in [-0.15, -0.1) is 0 Å². The average molecular weight is 206 g/mol. The Bertz CT molecular complexity index is 517. The van der Waals surface area contributed by atoms with E-state index in [-0.39, 0.29) is 12.6 Å². The Morgan fingerprint density at radius 1 is 1.47 bits per heavy atom. The maximum Gasteiger partial charge on any atom is 0.202 e. The number of hydrogen-bond acceptors (Lipinski definition) is 2. The van der Waals surface area contributed by atoms with Gasteiger partial charge in [-0.1, -0.05) is 6.07 Å². The molecule has 1 fully saturated rings. The van der Waals surface area contributed by atoms with E-state index in [9.17, 15) is 4.39 Å². The first-order chi connectivity index (χ1) is 7.29. The molecule has 0 atom stereocenters. The molecular formula is C11H11FN2O. The predicted octanol–water partition coefficient (Wildman–Crippen LogP) is 1.84. The molecule has 0 bridgehead atoms. The van der Waals surface area contributed by atoms with Gasteiger partial charge in [-0.3, -0.25) is 4.40 Å². The molecule has 78 valence electrons. The van der Waals surface area contributed by atoms with Crippen molar-refractivity contribution in [1.82, 2.24) is 9.38 Å². The van der Waals surface area contributed by atoms with Crippen LogP contribution in [-0.2, 0) is 6.61 Å². The summed E-state index contributed by atoms with van der Waals surface area (Å²) >= 11 is 0. The molecule has 0 radical (unpaired) electrons. The lowest BCUT2D eigenvalue weighted by atomic mass is 10.2. The maximum absolute atomic E-state index is 14.0. The van der Waals surface area contributed by atoms with Crippen molar-refractivity contribution >= 4 is 5.65 Å². The van der Waals surface area contributed by atoms with Crippen molar-refractivity contribution in [3.63, 3.8) is 0 Å². The van der Waals surface area contributed by atoms with Gasteiger partial charge in [0.25, 0.3) is 0 Å². The first-order valence-electron chi connectivity index (χ1n) is 5.07. The number of aliphatic hydroxyl groups excluding tert-OH is 1. The Morgan fingerprint density at radius 2 is 2.27 bits per heavy atom. The van der Waals surface area contributed by atoms with E-state index in [0.29, 0.717) is 17.3 Å². The van der Waals surface area contributed by atoms with Crippen LogP contribution in [0.3, 0.4) is 0 Å². The van der Waals surface area contributed by atoms with Crippen LogP contribution in [0.1, 0.15) is 30.0 Å². The lowest BCUT2D eigenvalue weighted by Gasteiger charge is -2.02. The first-order valence-corrected chi connectivity index (χ1v) is 5.07. The van der Waals surface area contributed by atoms with E-state index in [4.69, 9.17) is 5.11 Å². The number of fused-ring (bicyclic) bond motifs is 1. The highest BCUT2D eigenvalue weighted by molar-refractivity contribution is 5.43. The van der Waals surface area contributed by atoms with Crippen LogP contribution in [0.2, 0.25) is 0 Å². The lowest BCUT2D eigenvalue weighted by Crippen LogP contribution is -1.96. The smallest absolute Gasteiger partial charge is 0.202 e. The van der Waals surface area contributed by atoms with Crippen LogP contribution in [0.5, 0.6) is 0 Å². The standard InChI is InChI=1S/C11H11FN2O/c12-11-9(7-1-2-7)3-4-10-13-8(6-15)5-14(10)11/h3-5,7,15H,1-2,6H2. The van der Waals surface area contributed by atoms with Gasteiger partial charge >= 0.3 is 0 Å². The fourth-order valence-corrected chi connectivity index (χ4v) is 1.87. The number of nitrogens with zero attached hydrogens (tertiary/aromatic N) is 2. The summed E-state index contributed by atoms with van der Waals surface area (Å²) in [7, 11) is 0. The number of imidazole rings is 1. The van der Waals surface area contributed by atoms with Gasteiger partial charge in [-0.2, -0.15) is 4.39 Å². The number of halogens is 1. The van der Waals surface area contributed by atoms with Crippen molar-refractivity contribution in [3.8, 4) is 0 Å².